The average molecular weight is 351 g/mol. The molecular weight excluding hydrogens is 339 g/mol. The van der Waals surface area contributed by atoms with E-state index in [1.165, 1.54) is 24.3 Å². The number of hydrogen-bond donors (Lipinski definition) is 1. The molecule has 2 aromatic rings. The van der Waals surface area contributed by atoms with Crippen molar-refractivity contribution in [2.75, 3.05) is 11.9 Å². The molecule has 0 aromatic heterocycles. The van der Waals surface area contributed by atoms with Crippen LogP contribution in [-0.2, 0) is 0 Å². The van der Waals surface area contributed by atoms with Crippen molar-refractivity contribution in [1.29, 1.82) is 0 Å². The van der Waals surface area contributed by atoms with Crippen LogP contribution in [0.4, 0.5) is 36.4 Å². The average Bonchev–Trinajstić information content (AvgIpc) is 2.53. The quantitative estimate of drug-likeness (QED) is 0.692. The minimum atomic E-state index is -6.32. The van der Waals surface area contributed by atoms with Crippen molar-refractivity contribution in [2.45, 2.75) is 18.0 Å². The van der Waals surface area contributed by atoms with Gasteiger partial charge in [0.05, 0.1) is 6.54 Å². The largest absolute Gasteiger partial charge is 0.459 e. The Morgan fingerprint density at radius 1 is 0.667 bits per heavy atom. The second-order valence-corrected chi connectivity index (χ2v) is 5.07. The minimum absolute atomic E-state index is 0.00679. The summed E-state index contributed by atoms with van der Waals surface area (Å²) in [6, 6.07) is 14.7. The zero-order valence-electron chi connectivity index (χ0n) is 12.0. The lowest BCUT2D eigenvalue weighted by molar-refractivity contribution is -0.350. The monoisotopic (exact) mass is 351 g/mol. The van der Waals surface area contributed by atoms with Crippen LogP contribution in [0, 0.1) is 0 Å². The molecule has 130 valence electrons. The summed E-state index contributed by atoms with van der Waals surface area (Å²) >= 11 is 0. The zero-order valence-corrected chi connectivity index (χ0v) is 12.0. The fourth-order valence-corrected chi connectivity index (χ4v) is 1.94. The number of anilines is 1. The van der Waals surface area contributed by atoms with Gasteiger partial charge in [-0.05, 0) is 23.3 Å². The maximum Gasteiger partial charge on any atom is 0.459 e. The zero-order chi connectivity index (χ0) is 18.0. The van der Waals surface area contributed by atoms with E-state index in [0.29, 0.717) is 0 Å². The molecule has 1 nitrogen and oxygen atoms in total. The molecule has 2 rings (SSSR count). The topological polar surface area (TPSA) is 12.0 Å². The van der Waals surface area contributed by atoms with Crippen LogP contribution in [0.15, 0.2) is 54.6 Å². The van der Waals surface area contributed by atoms with Crippen molar-refractivity contribution in [3.05, 3.63) is 54.6 Å². The maximum atomic E-state index is 13.2. The third-order valence-electron chi connectivity index (χ3n) is 3.32. The van der Waals surface area contributed by atoms with Crippen LogP contribution in [0.3, 0.4) is 0 Å². The first-order chi connectivity index (χ1) is 11.0. The molecule has 0 aliphatic heterocycles. The smallest absolute Gasteiger partial charge is 0.379 e. The van der Waals surface area contributed by atoms with Crippen LogP contribution in [0.25, 0.3) is 11.1 Å². The summed E-state index contributed by atoms with van der Waals surface area (Å²) in [5.41, 5.74) is 1.60. The second kappa shape index (κ2) is 6.33. The first kappa shape index (κ1) is 18.1. The van der Waals surface area contributed by atoms with Crippen LogP contribution < -0.4 is 5.32 Å². The summed E-state index contributed by atoms with van der Waals surface area (Å²) in [6.07, 6.45) is -6.32. The molecule has 0 fully saturated rings. The summed E-state index contributed by atoms with van der Waals surface area (Å²) in [6.45, 7) is -1.84. The molecule has 0 saturated carbocycles. The van der Waals surface area contributed by atoms with Gasteiger partial charge in [0.1, 0.15) is 0 Å². The van der Waals surface area contributed by atoms with Gasteiger partial charge < -0.3 is 5.32 Å². The van der Waals surface area contributed by atoms with Gasteiger partial charge in [0, 0.05) is 5.69 Å². The predicted octanol–water partition coefficient (Wildman–Crippen LogP) is 5.60. The minimum Gasteiger partial charge on any atom is -0.379 e. The van der Waals surface area contributed by atoms with Crippen molar-refractivity contribution in [3.8, 4) is 11.1 Å². The van der Waals surface area contributed by atoms with Crippen molar-refractivity contribution >= 4 is 5.69 Å². The summed E-state index contributed by atoms with van der Waals surface area (Å²) in [5, 5.41) is 1.91. The van der Waals surface area contributed by atoms with Gasteiger partial charge in [-0.25, -0.2) is 0 Å². The maximum absolute atomic E-state index is 13.2. The SMILES string of the molecule is FC(F)(F)C(F)(F)C(F)(F)CNc1ccc(-c2ccccc2)cc1. The molecule has 8 heteroatoms. The molecule has 0 aliphatic carbocycles. The Morgan fingerprint density at radius 3 is 1.67 bits per heavy atom. The molecule has 0 heterocycles. The van der Waals surface area contributed by atoms with Gasteiger partial charge >= 0.3 is 18.0 Å². The van der Waals surface area contributed by atoms with E-state index in [-0.39, 0.29) is 5.69 Å². The Morgan fingerprint density at radius 2 is 1.17 bits per heavy atom. The number of hydrogen-bond acceptors (Lipinski definition) is 1. The highest BCUT2D eigenvalue weighted by molar-refractivity contribution is 5.65. The third kappa shape index (κ3) is 3.63. The standard InChI is InChI=1S/C16H12F7N/c17-14(18,15(19,20)16(21,22)23)10-24-13-8-6-12(7-9-13)11-4-2-1-3-5-11/h1-9,24H,10H2. The Labute approximate surface area is 133 Å². The summed E-state index contributed by atoms with van der Waals surface area (Å²) in [7, 11) is 0. The summed E-state index contributed by atoms with van der Waals surface area (Å²) < 4.78 is 88.1. The Balaban J connectivity index is 2.07. The number of nitrogens with one attached hydrogen (secondary N) is 1. The summed E-state index contributed by atoms with van der Waals surface area (Å²) in [4.78, 5) is 0. The number of halogens is 7. The second-order valence-electron chi connectivity index (χ2n) is 5.07. The van der Waals surface area contributed by atoms with Gasteiger partial charge in [-0.3, -0.25) is 0 Å². The molecule has 0 spiro atoms. The molecule has 0 aliphatic rings. The van der Waals surface area contributed by atoms with Crippen LogP contribution in [-0.4, -0.2) is 24.6 Å². The molecular formula is C16H12F7N. The fraction of sp³-hybridized carbons (Fsp3) is 0.250. The molecule has 1 N–H and O–H groups in total. The molecule has 24 heavy (non-hydrogen) atoms. The molecule has 0 bridgehead atoms. The van der Waals surface area contributed by atoms with Crippen LogP contribution in [0.5, 0.6) is 0 Å². The van der Waals surface area contributed by atoms with Gasteiger partial charge in [0.25, 0.3) is 0 Å². The van der Waals surface area contributed by atoms with Crippen LogP contribution in [0.2, 0.25) is 0 Å². The van der Waals surface area contributed by atoms with Crippen molar-refractivity contribution in [2.24, 2.45) is 0 Å². The lowest BCUT2D eigenvalue weighted by Gasteiger charge is -2.28. The first-order valence-corrected chi connectivity index (χ1v) is 6.76. The van der Waals surface area contributed by atoms with Crippen molar-refractivity contribution in [1.82, 2.24) is 0 Å². The highest BCUT2D eigenvalue weighted by Gasteiger charge is 2.72. The van der Waals surface area contributed by atoms with E-state index in [9.17, 15) is 30.7 Å². The fourth-order valence-electron chi connectivity index (χ4n) is 1.94. The first-order valence-electron chi connectivity index (χ1n) is 6.76. The number of benzene rings is 2. The van der Waals surface area contributed by atoms with E-state index in [1.807, 2.05) is 11.4 Å². The highest BCUT2D eigenvalue weighted by Crippen LogP contribution is 2.46. The predicted molar refractivity (Wildman–Crippen MR) is 76.3 cm³/mol. The van der Waals surface area contributed by atoms with Crippen molar-refractivity contribution in [3.63, 3.8) is 0 Å². The van der Waals surface area contributed by atoms with Gasteiger partial charge in [0.2, 0.25) is 0 Å². The van der Waals surface area contributed by atoms with E-state index in [0.717, 1.165) is 11.1 Å². The molecule has 2 aromatic carbocycles. The van der Waals surface area contributed by atoms with Gasteiger partial charge in [0.15, 0.2) is 0 Å². The van der Waals surface area contributed by atoms with E-state index >= 15 is 0 Å². The lowest BCUT2D eigenvalue weighted by Crippen LogP contribution is -2.55. The normalized spacial score (nSPS) is 13.0. The number of rotatable bonds is 5. The third-order valence-corrected chi connectivity index (χ3v) is 3.32. The van der Waals surface area contributed by atoms with E-state index in [2.05, 4.69) is 0 Å². The van der Waals surface area contributed by atoms with Crippen LogP contribution >= 0.6 is 0 Å². The molecule has 0 amide bonds. The lowest BCUT2D eigenvalue weighted by atomic mass is 10.1. The van der Waals surface area contributed by atoms with Crippen LogP contribution in [0.1, 0.15) is 0 Å². The highest BCUT2D eigenvalue weighted by atomic mass is 19.4. The molecule has 0 saturated heterocycles. The Bertz CT molecular complexity index is 663. The summed E-state index contributed by atoms with van der Waals surface area (Å²) in [5.74, 6) is -11.4. The number of alkyl halides is 7. The Kier molecular flexibility index (Phi) is 4.77. The van der Waals surface area contributed by atoms with E-state index < -0.39 is 24.6 Å². The van der Waals surface area contributed by atoms with Gasteiger partial charge in [-0.1, -0.05) is 42.5 Å². The van der Waals surface area contributed by atoms with Gasteiger partial charge in [-0.15, -0.1) is 0 Å². The van der Waals surface area contributed by atoms with E-state index in [1.54, 1.807) is 24.3 Å². The van der Waals surface area contributed by atoms with Crippen molar-refractivity contribution < 1.29 is 30.7 Å². The Hall–Kier alpha value is -2.25. The molecule has 0 radical (unpaired) electrons. The molecule has 0 atom stereocenters. The molecule has 0 unspecified atom stereocenters. The van der Waals surface area contributed by atoms with Gasteiger partial charge in [-0.2, -0.15) is 30.7 Å². The van der Waals surface area contributed by atoms with E-state index in [4.69, 9.17) is 0 Å².